The number of rotatable bonds is 7. The molecule has 2 aromatic heterocycles. The van der Waals surface area contributed by atoms with Crippen molar-refractivity contribution >= 4 is 21.1 Å². The Morgan fingerprint density at radius 3 is 2.40 bits per heavy atom. The Labute approximate surface area is 241 Å². The van der Waals surface area contributed by atoms with Crippen LogP contribution in [0.1, 0.15) is 42.1 Å². The first-order valence-electron chi connectivity index (χ1n) is 14.0. The molecule has 4 aromatic rings. The van der Waals surface area contributed by atoms with Gasteiger partial charge in [0.1, 0.15) is 0 Å². The zero-order chi connectivity index (χ0) is 29.6. The molecule has 6 rings (SSSR count). The summed E-state index contributed by atoms with van der Waals surface area (Å²) in [5.74, 6) is -0.323. The molecule has 0 atom stereocenters. The molecule has 0 saturated carbocycles. The number of hydrogen-bond donors (Lipinski definition) is 0. The number of sulfonamides is 1. The second kappa shape index (κ2) is 11.0. The van der Waals surface area contributed by atoms with Crippen LogP contribution in [0.3, 0.4) is 0 Å². The first-order chi connectivity index (χ1) is 20.0. The molecule has 0 unspecified atom stereocenters. The Hall–Kier alpha value is -3.42. The molecule has 0 spiro atoms. The number of aryl methyl sites for hydroxylation is 1. The maximum atomic E-state index is 13.1. The van der Waals surface area contributed by atoms with Gasteiger partial charge in [-0.2, -0.15) is 22.6 Å². The van der Waals surface area contributed by atoms with Crippen LogP contribution in [0.25, 0.3) is 22.4 Å². The van der Waals surface area contributed by atoms with Crippen molar-refractivity contribution in [2.45, 2.75) is 51.0 Å². The molecule has 0 radical (unpaired) electrons. The summed E-state index contributed by atoms with van der Waals surface area (Å²) in [6, 6.07) is 12.4. The van der Waals surface area contributed by atoms with Gasteiger partial charge in [0.15, 0.2) is 5.58 Å². The molecule has 0 aliphatic carbocycles. The molecule has 13 heteroatoms. The third-order valence-corrected chi connectivity index (χ3v) is 9.59. The number of hydrogen-bond acceptors (Lipinski definition) is 6. The van der Waals surface area contributed by atoms with Crippen LogP contribution in [0.4, 0.5) is 13.2 Å². The second-order valence-corrected chi connectivity index (χ2v) is 13.0. The standard InChI is InChI=1S/C29H32F3N5O4S/c1-42(39,40)35-18-13-24-23(19-35)27(20-7-9-21(10-8-20)29(30,31)32)33-36(24)15-4-14-34-16-11-22(12-17-34)37-25-5-2-3-6-26(25)41-28(37)38/h2-3,5-10,22H,4,11-19H2,1H3. The SMILES string of the molecule is CS(=O)(=O)N1CCc2c(c(-c3ccc(C(F)(F)F)cc3)nn2CCCN2CCC(n3c(=O)oc4ccccc43)CC2)C1. The minimum Gasteiger partial charge on any atom is -0.408 e. The van der Waals surface area contributed by atoms with Gasteiger partial charge >= 0.3 is 11.9 Å². The van der Waals surface area contributed by atoms with Crippen LogP contribution in [0.2, 0.25) is 0 Å². The van der Waals surface area contributed by atoms with E-state index in [4.69, 9.17) is 9.52 Å². The highest BCUT2D eigenvalue weighted by atomic mass is 32.2. The number of halogens is 3. The van der Waals surface area contributed by atoms with E-state index < -0.39 is 21.8 Å². The van der Waals surface area contributed by atoms with Crippen LogP contribution in [0.5, 0.6) is 0 Å². The Kier molecular flexibility index (Phi) is 7.52. The predicted octanol–water partition coefficient (Wildman–Crippen LogP) is 4.52. The van der Waals surface area contributed by atoms with E-state index in [0.717, 1.165) is 74.1 Å². The van der Waals surface area contributed by atoms with Crippen molar-refractivity contribution in [1.82, 2.24) is 23.6 Å². The summed E-state index contributed by atoms with van der Waals surface area (Å²) in [7, 11) is -3.44. The van der Waals surface area contributed by atoms with Crippen molar-refractivity contribution in [3.8, 4) is 11.3 Å². The molecule has 0 bridgehead atoms. The Balaban J connectivity index is 1.14. The number of piperidine rings is 1. The molecule has 2 aliphatic heterocycles. The summed E-state index contributed by atoms with van der Waals surface area (Å²) < 4.78 is 74.4. The lowest BCUT2D eigenvalue weighted by atomic mass is 10.0. The first-order valence-corrected chi connectivity index (χ1v) is 15.9. The zero-order valence-electron chi connectivity index (χ0n) is 23.2. The number of oxazole rings is 1. The van der Waals surface area contributed by atoms with Crippen LogP contribution in [-0.4, -0.2) is 64.4 Å². The molecule has 0 amide bonds. The van der Waals surface area contributed by atoms with Crippen molar-refractivity contribution in [3.05, 3.63) is 75.9 Å². The summed E-state index contributed by atoms with van der Waals surface area (Å²) >= 11 is 0. The van der Waals surface area contributed by atoms with E-state index >= 15 is 0 Å². The number of para-hydroxylation sites is 2. The van der Waals surface area contributed by atoms with Gasteiger partial charge in [-0.1, -0.05) is 24.3 Å². The Morgan fingerprint density at radius 1 is 1.00 bits per heavy atom. The molecule has 42 heavy (non-hydrogen) atoms. The number of alkyl halides is 3. The average molecular weight is 604 g/mol. The molecular weight excluding hydrogens is 571 g/mol. The molecule has 9 nitrogen and oxygen atoms in total. The molecule has 4 heterocycles. The smallest absolute Gasteiger partial charge is 0.408 e. The lowest BCUT2D eigenvalue weighted by Gasteiger charge is -2.32. The van der Waals surface area contributed by atoms with E-state index in [2.05, 4.69) is 4.90 Å². The second-order valence-electron chi connectivity index (χ2n) is 11.1. The zero-order valence-corrected chi connectivity index (χ0v) is 24.0. The van der Waals surface area contributed by atoms with Gasteiger partial charge in [0.25, 0.3) is 0 Å². The summed E-state index contributed by atoms with van der Waals surface area (Å²) in [5.41, 5.74) is 3.39. The van der Waals surface area contributed by atoms with Crippen molar-refractivity contribution in [3.63, 3.8) is 0 Å². The third kappa shape index (κ3) is 5.64. The fourth-order valence-electron chi connectivity index (χ4n) is 6.16. The number of nitrogens with zero attached hydrogens (tertiary/aromatic N) is 5. The molecule has 2 aliphatic rings. The van der Waals surface area contributed by atoms with Gasteiger partial charge in [0.2, 0.25) is 10.0 Å². The van der Waals surface area contributed by atoms with E-state index in [-0.39, 0.29) is 18.3 Å². The molecule has 224 valence electrons. The van der Waals surface area contributed by atoms with E-state index in [0.29, 0.717) is 36.4 Å². The fourth-order valence-corrected chi connectivity index (χ4v) is 6.94. The average Bonchev–Trinajstić information content (AvgIpc) is 3.49. The van der Waals surface area contributed by atoms with Gasteiger partial charge in [-0.05, 0) is 50.1 Å². The maximum Gasteiger partial charge on any atom is 0.420 e. The van der Waals surface area contributed by atoms with E-state index in [1.807, 2.05) is 22.9 Å². The molecule has 1 fully saturated rings. The number of fused-ring (bicyclic) bond motifs is 2. The number of likely N-dealkylation sites (tertiary alicyclic amines) is 1. The van der Waals surface area contributed by atoms with E-state index in [1.165, 1.54) is 16.4 Å². The third-order valence-electron chi connectivity index (χ3n) is 8.34. The predicted molar refractivity (Wildman–Crippen MR) is 151 cm³/mol. The highest BCUT2D eigenvalue weighted by Crippen LogP contribution is 2.34. The van der Waals surface area contributed by atoms with Crippen molar-refractivity contribution in [2.75, 3.05) is 32.4 Å². The largest absolute Gasteiger partial charge is 0.420 e. The van der Waals surface area contributed by atoms with Gasteiger partial charge < -0.3 is 9.32 Å². The number of aromatic nitrogens is 3. The quantitative estimate of drug-likeness (QED) is 0.309. The maximum absolute atomic E-state index is 13.1. The molecule has 1 saturated heterocycles. The van der Waals surface area contributed by atoms with Crippen LogP contribution in [0.15, 0.2) is 57.7 Å². The van der Waals surface area contributed by atoms with Gasteiger partial charge in [-0.3, -0.25) is 9.25 Å². The van der Waals surface area contributed by atoms with Crippen molar-refractivity contribution in [1.29, 1.82) is 0 Å². The van der Waals surface area contributed by atoms with Crippen molar-refractivity contribution in [2.24, 2.45) is 0 Å². The summed E-state index contributed by atoms with van der Waals surface area (Å²) in [6.07, 6.45) is -0.333. The molecular formula is C29H32F3N5O4S. The van der Waals surface area contributed by atoms with Crippen LogP contribution < -0.4 is 5.76 Å². The Bertz CT molecular complexity index is 1750. The minimum atomic E-state index is -4.44. The summed E-state index contributed by atoms with van der Waals surface area (Å²) in [4.78, 5) is 14.9. The highest BCUT2D eigenvalue weighted by molar-refractivity contribution is 7.88. The summed E-state index contributed by atoms with van der Waals surface area (Å²) in [6.45, 7) is 3.59. The van der Waals surface area contributed by atoms with E-state index in [1.54, 1.807) is 10.6 Å². The lowest BCUT2D eigenvalue weighted by Crippen LogP contribution is -2.37. The van der Waals surface area contributed by atoms with Crippen molar-refractivity contribution < 1.29 is 26.0 Å². The lowest BCUT2D eigenvalue weighted by molar-refractivity contribution is -0.137. The monoisotopic (exact) mass is 603 g/mol. The van der Waals surface area contributed by atoms with Gasteiger partial charge in [-0.15, -0.1) is 0 Å². The highest BCUT2D eigenvalue weighted by Gasteiger charge is 2.32. The summed E-state index contributed by atoms with van der Waals surface area (Å²) in [5, 5.41) is 4.78. The molecule has 0 N–H and O–H groups in total. The van der Waals surface area contributed by atoms with E-state index in [9.17, 15) is 26.4 Å². The normalized spacial score (nSPS) is 17.6. The van der Waals surface area contributed by atoms with Crippen LogP contribution in [0, 0.1) is 0 Å². The van der Waals surface area contributed by atoms with Crippen LogP contribution in [-0.2, 0) is 35.7 Å². The topological polar surface area (TPSA) is 93.6 Å². The molecule has 2 aromatic carbocycles. The van der Waals surface area contributed by atoms with Gasteiger partial charge in [-0.25, -0.2) is 13.2 Å². The fraction of sp³-hybridized carbons (Fsp3) is 0.448. The van der Waals surface area contributed by atoms with Crippen LogP contribution >= 0.6 is 0 Å². The first kappa shape index (κ1) is 28.7. The van der Waals surface area contributed by atoms with Gasteiger partial charge in [0, 0.05) is 62.0 Å². The minimum absolute atomic E-state index is 0.0830. The van der Waals surface area contributed by atoms with Gasteiger partial charge in [0.05, 0.1) is 23.0 Å². The Morgan fingerprint density at radius 2 is 1.71 bits per heavy atom. The number of benzene rings is 2.